The van der Waals surface area contributed by atoms with Crippen molar-refractivity contribution in [2.75, 3.05) is 40.4 Å². The number of hydrogen-bond donors (Lipinski definition) is 0. The average molecular weight is 543 g/mol. The largest absolute Gasteiger partial charge is 0.493 e. The van der Waals surface area contributed by atoms with E-state index < -0.39 is 17.9 Å². The standard InChI is InChI=1S/C25H27BrN4O5/c1-4-28-11-12-29(25(33)24(28)32)15-23(31)30-20(17-7-10-21(34-2)22(13-17)35-3)14-19(27-30)16-5-8-18(26)9-6-16/h5-10,13,20H,4,11-12,14-15H2,1-3H3. The molecule has 2 heterocycles. The number of amides is 3. The van der Waals surface area contributed by atoms with E-state index in [0.717, 1.165) is 21.3 Å². The first kappa shape index (κ1) is 24.7. The predicted molar refractivity (Wildman–Crippen MR) is 133 cm³/mol. The molecule has 2 aliphatic rings. The second kappa shape index (κ2) is 10.5. The maximum absolute atomic E-state index is 13.4. The van der Waals surface area contributed by atoms with Crippen molar-refractivity contribution in [2.24, 2.45) is 5.10 Å². The van der Waals surface area contributed by atoms with Gasteiger partial charge in [0.25, 0.3) is 5.91 Å². The summed E-state index contributed by atoms with van der Waals surface area (Å²) in [5.41, 5.74) is 2.48. The molecule has 0 radical (unpaired) electrons. The molecule has 9 nitrogen and oxygen atoms in total. The first-order chi connectivity index (χ1) is 16.9. The lowest BCUT2D eigenvalue weighted by Gasteiger charge is -2.33. The topological polar surface area (TPSA) is 91.8 Å². The van der Waals surface area contributed by atoms with E-state index >= 15 is 0 Å². The summed E-state index contributed by atoms with van der Waals surface area (Å²) in [6.45, 7) is 2.77. The van der Waals surface area contributed by atoms with E-state index in [1.807, 2.05) is 43.3 Å². The third-order valence-corrected chi connectivity index (χ3v) is 6.77. The number of rotatable bonds is 7. The molecule has 2 aromatic rings. The van der Waals surface area contributed by atoms with E-state index in [1.165, 1.54) is 14.8 Å². The maximum atomic E-state index is 13.4. The summed E-state index contributed by atoms with van der Waals surface area (Å²) in [4.78, 5) is 41.1. The number of hydrogen-bond acceptors (Lipinski definition) is 6. The normalized spacial score (nSPS) is 18.1. The highest BCUT2D eigenvalue weighted by atomic mass is 79.9. The highest BCUT2D eigenvalue weighted by Crippen LogP contribution is 2.37. The van der Waals surface area contributed by atoms with E-state index in [0.29, 0.717) is 37.6 Å². The predicted octanol–water partition coefficient (Wildman–Crippen LogP) is 2.83. The zero-order valence-corrected chi connectivity index (χ0v) is 21.4. The minimum absolute atomic E-state index is 0.219. The second-order valence-electron chi connectivity index (χ2n) is 8.24. The van der Waals surface area contributed by atoms with Gasteiger partial charge in [0.15, 0.2) is 11.5 Å². The Kier molecular flexibility index (Phi) is 7.39. The van der Waals surface area contributed by atoms with Crippen LogP contribution in [0.4, 0.5) is 0 Å². The molecule has 0 saturated carbocycles. The minimum atomic E-state index is -0.662. The number of ether oxygens (including phenoxy) is 2. The highest BCUT2D eigenvalue weighted by molar-refractivity contribution is 9.10. The van der Waals surface area contributed by atoms with Gasteiger partial charge < -0.3 is 19.3 Å². The molecule has 10 heteroatoms. The first-order valence-corrected chi connectivity index (χ1v) is 12.1. The molecule has 1 saturated heterocycles. The van der Waals surface area contributed by atoms with Crippen LogP contribution in [-0.4, -0.2) is 78.6 Å². The van der Waals surface area contributed by atoms with Crippen molar-refractivity contribution in [3.8, 4) is 11.5 Å². The Morgan fingerprint density at radius 3 is 2.31 bits per heavy atom. The number of nitrogens with zero attached hydrogens (tertiary/aromatic N) is 4. The van der Waals surface area contributed by atoms with Gasteiger partial charge in [0.05, 0.1) is 26.0 Å². The number of methoxy groups -OCH3 is 2. The summed E-state index contributed by atoms with van der Waals surface area (Å²) < 4.78 is 11.8. The molecule has 2 aromatic carbocycles. The van der Waals surface area contributed by atoms with Crippen LogP contribution in [0.3, 0.4) is 0 Å². The number of carbonyl (C=O) groups excluding carboxylic acids is 3. The lowest BCUT2D eigenvalue weighted by Crippen LogP contribution is -2.56. The molecule has 1 fully saturated rings. The molecule has 3 amide bonds. The molecule has 35 heavy (non-hydrogen) atoms. The van der Waals surface area contributed by atoms with Crippen LogP contribution in [0.25, 0.3) is 0 Å². The summed E-state index contributed by atoms with van der Waals surface area (Å²) in [5.74, 6) is -0.470. The molecular formula is C25H27BrN4O5. The van der Waals surface area contributed by atoms with E-state index in [9.17, 15) is 14.4 Å². The van der Waals surface area contributed by atoms with Gasteiger partial charge in [-0.15, -0.1) is 0 Å². The Morgan fingerprint density at radius 1 is 1.00 bits per heavy atom. The van der Waals surface area contributed by atoms with Gasteiger partial charge in [0.2, 0.25) is 0 Å². The van der Waals surface area contributed by atoms with Crippen LogP contribution < -0.4 is 9.47 Å². The molecule has 0 aromatic heterocycles. The minimum Gasteiger partial charge on any atom is -0.493 e. The van der Waals surface area contributed by atoms with Crippen molar-refractivity contribution in [3.05, 3.63) is 58.1 Å². The molecule has 2 aliphatic heterocycles. The van der Waals surface area contributed by atoms with Crippen LogP contribution in [0.15, 0.2) is 52.0 Å². The SMILES string of the molecule is CCN1CCN(CC(=O)N2N=C(c3ccc(Br)cc3)CC2c2ccc(OC)c(OC)c2)C(=O)C1=O. The van der Waals surface area contributed by atoms with Crippen LogP contribution >= 0.6 is 15.9 Å². The zero-order chi connectivity index (χ0) is 25.1. The molecule has 1 atom stereocenters. The molecule has 0 aliphatic carbocycles. The maximum Gasteiger partial charge on any atom is 0.312 e. The van der Waals surface area contributed by atoms with Gasteiger partial charge in [-0.3, -0.25) is 14.4 Å². The van der Waals surface area contributed by atoms with Crippen LogP contribution in [0.1, 0.15) is 30.5 Å². The Hall–Kier alpha value is -3.40. The van der Waals surface area contributed by atoms with Crippen molar-refractivity contribution in [3.63, 3.8) is 0 Å². The van der Waals surface area contributed by atoms with Gasteiger partial charge in [-0.05, 0) is 42.3 Å². The summed E-state index contributed by atoms with van der Waals surface area (Å²) in [6.07, 6.45) is 0.485. The van der Waals surface area contributed by atoms with E-state index in [-0.39, 0.29) is 12.5 Å². The molecule has 1 unspecified atom stereocenters. The van der Waals surface area contributed by atoms with Crippen molar-refractivity contribution in [2.45, 2.75) is 19.4 Å². The van der Waals surface area contributed by atoms with E-state index in [1.54, 1.807) is 20.3 Å². The smallest absolute Gasteiger partial charge is 0.312 e. The Morgan fingerprint density at radius 2 is 1.66 bits per heavy atom. The fraction of sp³-hybridized carbons (Fsp3) is 0.360. The Labute approximate surface area is 212 Å². The van der Waals surface area contributed by atoms with Crippen LogP contribution in [0.5, 0.6) is 11.5 Å². The van der Waals surface area contributed by atoms with E-state index in [2.05, 4.69) is 21.0 Å². The number of likely N-dealkylation sites (N-methyl/N-ethyl adjacent to an activating group) is 1. The highest BCUT2D eigenvalue weighted by Gasteiger charge is 2.37. The van der Waals surface area contributed by atoms with Gasteiger partial charge in [-0.2, -0.15) is 5.10 Å². The quantitative estimate of drug-likeness (QED) is 0.501. The van der Waals surface area contributed by atoms with E-state index in [4.69, 9.17) is 9.47 Å². The van der Waals surface area contributed by atoms with Crippen molar-refractivity contribution in [1.82, 2.24) is 14.8 Å². The number of piperazine rings is 1. The molecular weight excluding hydrogens is 516 g/mol. The van der Waals surface area contributed by atoms with Gasteiger partial charge in [0, 0.05) is 30.5 Å². The third kappa shape index (κ3) is 5.02. The number of benzene rings is 2. The summed E-state index contributed by atoms with van der Waals surface area (Å²) in [5, 5.41) is 6.08. The molecule has 184 valence electrons. The molecule has 0 N–H and O–H groups in total. The monoisotopic (exact) mass is 542 g/mol. The van der Waals surface area contributed by atoms with Crippen LogP contribution in [0.2, 0.25) is 0 Å². The van der Waals surface area contributed by atoms with Crippen molar-refractivity contribution in [1.29, 1.82) is 0 Å². The van der Waals surface area contributed by atoms with Gasteiger partial charge in [0.1, 0.15) is 6.54 Å². The third-order valence-electron chi connectivity index (χ3n) is 6.24. The van der Waals surface area contributed by atoms with Crippen molar-refractivity contribution < 1.29 is 23.9 Å². The molecule has 4 rings (SSSR count). The zero-order valence-electron chi connectivity index (χ0n) is 19.9. The number of halogens is 1. The fourth-order valence-corrected chi connectivity index (χ4v) is 4.54. The van der Waals surface area contributed by atoms with Crippen LogP contribution in [0, 0.1) is 0 Å². The lowest BCUT2D eigenvalue weighted by atomic mass is 9.98. The van der Waals surface area contributed by atoms with Gasteiger partial charge >= 0.3 is 11.8 Å². The Balaban J connectivity index is 1.63. The average Bonchev–Trinajstić information content (AvgIpc) is 3.32. The van der Waals surface area contributed by atoms with Gasteiger partial charge in [-0.1, -0.05) is 34.1 Å². The summed E-state index contributed by atoms with van der Waals surface area (Å²) in [6, 6.07) is 12.8. The second-order valence-corrected chi connectivity index (χ2v) is 9.15. The van der Waals surface area contributed by atoms with Gasteiger partial charge in [-0.25, -0.2) is 5.01 Å². The van der Waals surface area contributed by atoms with Crippen LogP contribution in [-0.2, 0) is 14.4 Å². The summed E-state index contributed by atoms with van der Waals surface area (Å²) in [7, 11) is 3.12. The lowest BCUT2D eigenvalue weighted by molar-refractivity contribution is -0.157. The Bertz CT molecular complexity index is 1170. The summed E-state index contributed by atoms with van der Waals surface area (Å²) >= 11 is 3.44. The first-order valence-electron chi connectivity index (χ1n) is 11.3. The van der Waals surface area contributed by atoms with Crippen molar-refractivity contribution >= 4 is 39.4 Å². The molecule has 0 bridgehead atoms. The fourth-order valence-electron chi connectivity index (χ4n) is 4.28. The molecule has 0 spiro atoms. The number of hydrazone groups is 1. The number of carbonyl (C=O) groups is 3.